The van der Waals surface area contributed by atoms with Gasteiger partial charge in [-0.05, 0) is 66.7 Å². The van der Waals surface area contributed by atoms with Crippen LogP contribution in [0.2, 0.25) is 0 Å². The number of hydrogen-bond donors (Lipinski definition) is 1. The first-order valence-electron chi connectivity index (χ1n) is 13.3. The van der Waals surface area contributed by atoms with Crippen LogP contribution in [-0.4, -0.2) is 24.0 Å². The lowest BCUT2D eigenvalue weighted by Crippen LogP contribution is -2.50. The van der Waals surface area contributed by atoms with Gasteiger partial charge >= 0.3 is 6.03 Å². The minimum atomic E-state index is -0.0149. The van der Waals surface area contributed by atoms with Crippen LogP contribution >= 0.6 is 0 Å². The first-order valence-corrected chi connectivity index (χ1v) is 13.3. The van der Waals surface area contributed by atoms with Crippen LogP contribution in [0, 0.1) is 24.2 Å². The molecule has 3 nitrogen and oxygen atoms in total. The molecule has 1 N–H and O–H groups in total. The van der Waals surface area contributed by atoms with E-state index in [9.17, 15) is 4.79 Å². The normalized spacial score (nSPS) is 19.8. The van der Waals surface area contributed by atoms with Crippen LogP contribution in [0.15, 0.2) is 96.6 Å². The molecule has 2 atom stereocenters. The molecule has 2 amide bonds. The molecule has 3 heteroatoms. The summed E-state index contributed by atoms with van der Waals surface area (Å²) in [4.78, 5) is 15.7. The zero-order valence-corrected chi connectivity index (χ0v) is 21.8. The van der Waals surface area contributed by atoms with Crippen LogP contribution in [0.25, 0.3) is 0 Å². The first-order chi connectivity index (χ1) is 17.4. The van der Waals surface area contributed by atoms with Crippen molar-refractivity contribution >= 4 is 11.7 Å². The average Bonchev–Trinajstić information content (AvgIpc) is 2.90. The second kappa shape index (κ2) is 10.3. The Hall–Kier alpha value is -3.33. The summed E-state index contributed by atoms with van der Waals surface area (Å²) in [7, 11) is 0. The lowest BCUT2D eigenvalue weighted by atomic mass is 9.49. The Labute approximate surface area is 216 Å². The number of rotatable bonds is 8. The molecule has 3 aliphatic carbocycles. The van der Waals surface area contributed by atoms with E-state index in [2.05, 4.69) is 92.8 Å². The van der Waals surface area contributed by atoms with E-state index in [0.29, 0.717) is 24.4 Å². The van der Waals surface area contributed by atoms with Crippen molar-refractivity contribution < 1.29 is 4.79 Å². The fraction of sp³-hybridized carbons (Fsp3) is 0.364. The van der Waals surface area contributed by atoms with Crippen molar-refractivity contribution in [3.05, 3.63) is 113 Å². The fourth-order valence-corrected chi connectivity index (χ4v) is 6.15. The Morgan fingerprint density at radius 2 is 1.56 bits per heavy atom. The minimum absolute atomic E-state index is 0.0149. The average molecular weight is 479 g/mol. The molecule has 0 heterocycles. The standard InChI is InChI=1S/C33H38N2O/c1-24-14-18-29(19-15-24)34-32(36)35(23-27-16-17-28-22-31(27)33(28,2)3)21-20-30(25-10-6-4-7-11-25)26-12-8-5-9-13-26/h4-16,18-19,28,30-31H,17,20-23H2,1-3H3,(H,34,36). The van der Waals surface area contributed by atoms with Gasteiger partial charge in [0.1, 0.15) is 0 Å². The lowest BCUT2D eigenvalue weighted by molar-refractivity contribution is -0.00954. The van der Waals surface area contributed by atoms with Crippen molar-refractivity contribution in [2.45, 2.75) is 46.0 Å². The van der Waals surface area contributed by atoms with E-state index >= 15 is 0 Å². The van der Waals surface area contributed by atoms with E-state index in [0.717, 1.165) is 24.4 Å². The number of benzene rings is 3. The van der Waals surface area contributed by atoms with Crippen LogP contribution in [-0.2, 0) is 0 Å². The van der Waals surface area contributed by atoms with Gasteiger partial charge in [0.05, 0.1) is 0 Å². The molecule has 0 aliphatic heterocycles. The number of allylic oxidation sites excluding steroid dienone is 1. The third-order valence-electron chi connectivity index (χ3n) is 8.64. The highest BCUT2D eigenvalue weighted by atomic mass is 16.2. The Bertz CT molecular complexity index is 1160. The molecular formula is C33H38N2O. The van der Waals surface area contributed by atoms with E-state index in [-0.39, 0.29) is 11.9 Å². The molecule has 3 aliphatic rings. The molecule has 2 bridgehead atoms. The Morgan fingerprint density at radius 3 is 2.11 bits per heavy atom. The van der Waals surface area contributed by atoms with E-state index in [1.807, 2.05) is 29.2 Å². The van der Waals surface area contributed by atoms with Gasteiger partial charge in [-0.25, -0.2) is 4.79 Å². The lowest BCUT2D eigenvalue weighted by Gasteiger charge is -2.57. The monoisotopic (exact) mass is 478 g/mol. The minimum Gasteiger partial charge on any atom is -0.320 e. The molecule has 0 radical (unpaired) electrons. The topological polar surface area (TPSA) is 32.3 Å². The van der Waals surface area contributed by atoms with E-state index in [4.69, 9.17) is 0 Å². The van der Waals surface area contributed by atoms with Crippen molar-refractivity contribution in [1.29, 1.82) is 0 Å². The number of anilines is 1. The summed E-state index contributed by atoms with van der Waals surface area (Å²) in [6.45, 7) is 8.26. The Balaban J connectivity index is 1.37. The number of aryl methyl sites for hydroxylation is 1. The molecule has 3 aromatic rings. The summed E-state index contributed by atoms with van der Waals surface area (Å²) in [6.07, 6.45) is 5.70. The third kappa shape index (κ3) is 5.11. The summed E-state index contributed by atoms with van der Waals surface area (Å²) < 4.78 is 0. The van der Waals surface area contributed by atoms with Gasteiger partial charge in [0.2, 0.25) is 0 Å². The molecular weight excluding hydrogens is 440 g/mol. The number of hydrogen-bond acceptors (Lipinski definition) is 1. The SMILES string of the molecule is Cc1ccc(NC(=O)N(CCC(c2ccccc2)c2ccccc2)CC2=CCC3CC2C3(C)C)cc1. The smallest absolute Gasteiger partial charge is 0.320 e. The maximum atomic E-state index is 13.6. The van der Waals surface area contributed by atoms with Gasteiger partial charge in [-0.2, -0.15) is 0 Å². The van der Waals surface area contributed by atoms with Gasteiger partial charge in [-0.3, -0.25) is 0 Å². The number of carbonyl (C=O) groups excluding carboxylic acids is 1. The van der Waals surface area contributed by atoms with Gasteiger partial charge in [-0.1, -0.05) is 104 Å². The van der Waals surface area contributed by atoms with Crippen molar-refractivity contribution in [3.63, 3.8) is 0 Å². The van der Waals surface area contributed by atoms with Gasteiger partial charge in [0.15, 0.2) is 0 Å². The predicted molar refractivity (Wildman–Crippen MR) is 149 cm³/mol. The molecule has 2 unspecified atom stereocenters. The Kier molecular flexibility index (Phi) is 7.00. The molecule has 6 rings (SSSR count). The fourth-order valence-electron chi connectivity index (χ4n) is 6.15. The van der Waals surface area contributed by atoms with E-state index in [1.165, 1.54) is 28.7 Å². The molecule has 1 fully saturated rings. The van der Waals surface area contributed by atoms with Crippen molar-refractivity contribution in [2.75, 3.05) is 18.4 Å². The highest BCUT2D eigenvalue weighted by molar-refractivity contribution is 5.89. The van der Waals surface area contributed by atoms with Gasteiger partial charge < -0.3 is 10.2 Å². The van der Waals surface area contributed by atoms with Crippen molar-refractivity contribution in [3.8, 4) is 0 Å². The zero-order chi connectivity index (χ0) is 25.1. The molecule has 0 saturated heterocycles. The number of amides is 2. The van der Waals surface area contributed by atoms with Gasteiger partial charge in [0, 0.05) is 24.7 Å². The number of nitrogens with zero attached hydrogens (tertiary/aromatic N) is 1. The molecule has 36 heavy (non-hydrogen) atoms. The van der Waals surface area contributed by atoms with E-state index < -0.39 is 0 Å². The predicted octanol–water partition coefficient (Wildman–Crippen LogP) is 8.04. The van der Waals surface area contributed by atoms with Crippen LogP contribution < -0.4 is 5.32 Å². The molecule has 3 aromatic carbocycles. The summed E-state index contributed by atoms with van der Waals surface area (Å²) in [5.41, 5.74) is 6.41. The maximum Gasteiger partial charge on any atom is 0.322 e. The second-order valence-electron chi connectivity index (χ2n) is 11.2. The quantitative estimate of drug-likeness (QED) is 0.326. The molecule has 1 saturated carbocycles. The first kappa shape index (κ1) is 24.4. The molecule has 186 valence electrons. The molecule has 0 aromatic heterocycles. The van der Waals surface area contributed by atoms with Crippen LogP contribution in [0.3, 0.4) is 0 Å². The van der Waals surface area contributed by atoms with E-state index in [1.54, 1.807) is 0 Å². The number of fused-ring (bicyclic) bond motifs is 1. The number of urea groups is 1. The summed E-state index contributed by atoms with van der Waals surface area (Å²) in [5.74, 6) is 1.62. The summed E-state index contributed by atoms with van der Waals surface area (Å²) in [5, 5.41) is 3.17. The van der Waals surface area contributed by atoms with Crippen molar-refractivity contribution in [1.82, 2.24) is 4.90 Å². The van der Waals surface area contributed by atoms with Gasteiger partial charge in [-0.15, -0.1) is 0 Å². The number of nitrogens with one attached hydrogen (secondary N) is 1. The second-order valence-corrected chi connectivity index (χ2v) is 11.2. The summed E-state index contributed by atoms with van der Waals surface area (Å²) >= 11 is 0. The van der Waals surface area contributed by atoms with Gasteiger partial charge in [0.25, 0.3) is 0 Å². The largest absolute Gasteiger partial charge is 0.322 e. The maximum absolute atomic E-state index is 13.6. The highest BCUT2D eigenvalue weighted by Gasteiger charge is 2.51. The van der Waals surface area contributed by atoms with Crippen LogP contribution in [0.4, 0.5) is 10.5 Å². The highest BCUT2D eigenvalue weighted by Crippen LogP contribution is 2.59. The van der Waals surface area contributed by atoms with Crippen LogP contribution in [0.1, 0.15) is 55.7 Å². The summed E-state index contributed by atoms with van der Waals surface area (Å²) in [6, 6.07) is 29.4. The van der Waals surface area contributed by atoms with Crippen molar-refractivity contribution in [2.24, 2.45) is 17.3 Å². The zero-order valence-electron chi connectivity index (χ0n) is 21.8. The van der Waals surface area contributed by atoms with Crippen LogP contribution in [0.5, 0.6) is 0 Å². The third-order valence-corrected chi connectivity index (χ3v) is 8.64. The molecule has 0 spiro atoms. The number of carbonyl (C=O) groups is 1. The Morgan fingerprint density at radius 1 is 0.944 bits per heavy atom.